The van der Waals surface area contributed by atoms with Crippen molar-refractivity contribution in [1.82, 2.24) is 0 Å². The van der Waals surface area contributed by atoms with Gasteiger partial charge in [-0.05, 0) is 0 Å². The summed E-state index contributed by atoms with van der Waals surface area (Å²) in [5.74, 6) is -0.809. The number of aliphatic hydroxyl groups excluding tert-OH is 4. The Morgan fingerprint density at radius 2 is 1.81 bits per heavy atom. The number of ether oxygens (including phenoxy) is 1. The summed E-state index contributed by atoms with van der Waals surface area (Å²) in [5.41, 5.74) is 0. The van der Waals surface area contributed by atoms with Crippen LogP contribution in [0.15, 0.2) is 12.7 Å². The van der Waals surface area contributed by atoms with E-state index >= 15 is 0 Å². The van der Waals surface area contributed by atoms with E-state index in [0.717, 1.165) is 6.08 Å². The molecule has 0 saturated carbocycles. The maximum atomic E-state index is 10.6. The van der Waals surface area contributed by atoms with Crippen LogP contribution < -0.4 is 0 Å². The van der Waals surface area contributed by atoms with Gasteiger partial charge in [0.1, 0.15) is 31.0 Å². The molecule has 0 aliphatic carbocycles. The highest BCUT2D eigenvalue weighted by atomic mass is 16.5. The summed E-state index contributed by atoms with van der Waals surface area (Å²) in [6.45, 7) is 2.52. The molecule has 0 rings (SSSR count). The lowest BCUT2D eigenvalue weighted by molar-refractivity contribution is -0.151. The summed E-state index contributed by atoms with van der Waals surface area (Å²) in [5, 5.41) is 36.4. The van der Waals surface area contributed by atoms with Crippen molar-refractivity contribution in [2.75, 3.05) is 6.61 Å². The maximum Gasteiger partial charge on any atom is 0.330 e. The fourth-order valence-corrected chi connectivity index (χ4v) is 0.835. The SMILES string of the molecule is C=CC(=O)OC[C@@H](O)[C@H](O)[C@H](O)[C@H](O)C=O. The van der Waals surface area contributed by atoms with Crippen molar-refractivity contribution in [1.29, 1.82) is 0 Å². The number of rotatable bonds is 7. The van der Waals surface area contributed by atoms with Gasteiger partial charge in [-0.1, -0.05) is 6.58 Å². The predicted molar refractivity (Wildman–Crippen MR) is 51.2 cm³/mol. The van der Waals surface area contributed by atoms with Crippen LogP contribution in [0, 0.1) is 0 Å². The van der Waals surface area contributed by atoms with Crippen LogP contribution in [0.2, 0.25) is 0 Å². The normalized spacial score (nSPS) is 18.0. The molecule has 0 fully saturated rings. The van der Waals surface area contributed by atoms with Crippen LogP contribution in [-0.4, -0.2) is 63.7 Å². The van der Waals surface area contributed by atoms with Gasteiger partial charge < -0.3 is 30.0 Å². The number of aliphatic hydroxyl groups is 4. The van der Waals surface area contributed by atoms with Gasteiger partial charge in [0, 0.05) is 6.08 Å². The molecular formula is C9H14O7. The first kappa shape index (κ1) is 14.7. The third-order valence-electron chi connectivity index (χ3n) is 1.80. The van der Waals surface area contributed by atoms with Crippen molar-refractivity contribution in [2.24, 2.45) is 0 Å². The molecule has 4 N–H and O–H groups in total. The first-order valence-electron chi connectivity index (χ1n) is 4.40. The zero-order valence-electron chi connectivity index (χ0n) is 8.39. The molecule has 0 bridgehead atoms. The molecule has 0 unspecified atom stereocenters. The summed E-state index contributed by atoms with van der Waals surface area (Å²) < 4.78 is 4.39. The van der Waals surface area contributed by atoms with Gasteiger partial charge >= 0.3 is 5.97 Å². The molecule has 0 aliphatic heterocycles. The second kappa shape index (κ2) is 7.07. The second-order valence-electron chi connectivity index (χ2n) is 3.01. The van der Waals surface area contributed by atoms with E-state index in [0.29, 0.717) is 0 Å². The summed E-state index contributed by atoms with van der Waals surface area (Å²) in [6, 6.07) is 0. The summed E-state index contributed by atoms with van der Waals surface area (Å²) >= 11 is 0. The number of hydrogen-bond donors (Lipinski definition) is 4. The molecule has 0 radical (unpaired) electrons. The van der Waals surface area contributed by atoms with E-state index in [1.54, 1.807) is 0 Å². The van der Waals surface area contributed by atoms with E-state index in [1.807, 2.05) is 0 Å². The highest BCUT2D eigenvalue weighted by Crippen LogP contribution is 2.04. The molecule has 16 heavy (non-hydrogen) atoms. The lowest BCUT2D eigenvalue weighted by atomic mass is 10.0. The van der Waals surface area contributed by atoms with E-state index < -0.39 is 37.0 Å². The monoisotopic (exact) mass is 234 g/mol. The maximum absolute atomic E-state index is 10.6. The largest absolute Gasteiger partial charge is 0.460 e. The van der Waals surface area contributed by atoms with Crippen LogP contribution in [0.3, 0.4) is 0 Å². The molecule has 92 valence electrons. The molecule has 0 aromatic carbocycles. The highest BCUT2D eigenvalue weighted by Gasteiger charge is 2.30. The topological polar surface area (TPSA) is 124 Å². The average Bonchev–Trinajstić information content (AvgIpc) is 2.32. The van der Waals surface area contributed by atoms with Crippen molar-refractivity contribution in [3.05, 3.63) is 12.7 Å². The molecule has 0 saturated heterocycles. The standard InChI is InChI=1S/C9H14O7/c1-2-7(13)16-4-6(12)9(15)8(14)5(11)3-10/h2-3,5-6,8-9,11-12,14-15H,1,4H2/t5-,6-,8-,9+/m1/s1. The van der Waals surface area contributed by atoms with Crippen LogP contribution in [0.25, 0.3) is 0 Å². The van der Waals surface area contributed by atoms with Gasteiger partial charge in [-0.3, -0.25) is 0 Å². The Balaban J connectivity index is 4.16. The zero-order valence-corrected chi connectivity index (χ0v) is 8.39. The Morgan fingerprint density at radius 1 is 1.25 bits per heavy atom. The van der Waals surface area contributed by atoms with Gasteiger partial charge in [-0.25, -0.2) is 4.79 Å². The van der Waals surface area contributed by atoms with Crippen molar-refractivity contribution in [3.8, 4) is 0 Å². The first-order chi connectivity index (χ1) is 7.43. The quantitative estimate of drug-likeness (QED) is 0.215. The highest BCUT2D eigenvalue weighted by molar-refractivity contribution is 5.81. The van der Waals surface area contributed by atoms with Crippen molar-refractivity contribution < 1.29 is 34.8 Å². The number of carbonyl (C=O) groups excluding carboxylic acids is 2. The minimum Gasteiger partial charge on any atom is -0.460 e. The number of carbonyl (C=O) groups is 2. The Kier molecular flexibility index (Phi) is 6.50. The van der Waals surface area contributed by atoms with Gasteiger partial charge in [0.05, 0.1) is 0 Å². The molecule has 7 heteroatoms. The van der Waals surface area contributed by atoms with Gasteiger partial charge in [0.15, 0.2) is 6.29 Å². The number of esters is 1. The summed E-state index contributed by atoms with van der Waals surface area (Å²) in [6.07, 6.45) is -6.23. The molecule has 7 nitrogen and oxygen atoms in total. The lowest BCUT2D eigenvalue weighted by Gasteiger charge is -2.23. The molecule has 0 aliphatic rings. The van der Waals surface area contributed by atoms with Crippen molar-refractivity contribution in [2.45, 2.75) is 24.4 Å². The molecule has 0 spiro atoms. The van der Waals surface area contributed by atoms with Gasteiger partial charge in [-0.2, -0.15) is 0 Å². The molecule has 0 aromatic heterocycles. The fourth-order valence-electron chi connectivity index (χ4n) is 0.835. The fraction of sp³-hybridized carbons (Fsp3) is 0.556. The average molecular weight is 234 g/mol. The predicted octanol–water partition coefficient (Wildman–Crippen LogP) is -2.64. The third kappa shape index (κ3) is 4.49. The Hall–Kier alpha value is -1.28. The molecule has 4 atom stereocenters. The number of hydrogen-bond acceptors (Lipinski definition) is 7. The van der Waals surface area contributed by atoms with Crippen LogP contribution in [0.1, 0.15) is 0 Å². The third-order valence-corrected chi connectivity index (χ3v) is 1.80. The van der Waals surface area contributed by atoms with E-state index in [-0.39, 0.29) is 6.29 Å². The van der Waals surface area contributed by atoms with Crippen LogP contribution in [0.4, 0.5) is 0 Å². The van der Waals surface area contributed by atoms with Gasteiger partial charge in [0.2, 0.25) is 0 Å². The van der Waals surface area contributed by atoms with E-state index in [2.05, 4.69) is 11.3 Å². The van der Waals surface area contributed by atoms with Crippen molar-refractivity contribution >= 4 is 12.3 Å². The zero-order chi connectivity index (χ0) is 12.7. The Morgan fingerprint density at radius 3 is 2.25 bits per heavy atom. The Bertz CT molecular complexity index is 252. The van der Waals surface area contributed by atoms with Crippen LogP contribution in [-0.2, 0) is 14.3 Å². The van der Waals surface area contributed by atoms with Crippen LogP contribution in [0.5, 0.6) is 0 Å². The van der Waals surface area contributed by atoms with Crippen molar-refractivity contribution in [3.63, 3.8) is 0 Å². The molecule has 0 heterocycles. The van der Waals surface area contributed by atoms with Gasteiger partial charge in [0.25, 0.3) is 0 Å². The van der Waals surface area contributed by atoms with Gasteiger partial charge in [-0.15, -0.1) is 0 Å². The molecule has 0 aromatic rings. The molecule has 0 amide bonds. The van der Waals surface area contributed by atoms with E-state index in [4.69, 9.17) is 10.2 Å². The van der Waals surface area contributed by atoms with E-state index in [9.17, 15) is 19.8 Å². The lowest BCUT2D eigenvalue weighted by Crippen LogP contribution is -2.46. The van der Waals surface area contributed by atoms with Crippen LogP contribution >= 0.6 is 0 Å². The minimum atomic E-state index is -1.85. The second-order valence-corrected chi connectivity index (χ2v) is 3.01. The summed E-state index contributed by atoms with van der Waals surface area (Å²) in [4.78, 5) is 20.7. The minimum absolute atomic E-state index is 0.0103. The first-order valence-corrected chi connectivity index (χ1v) is 4.40. The number of aldehydes is 1. The molecular weight excluding hydrogens is 220 g/mol. The smallest absolute Gasteiger partial charge is 0.330 e. The Labute approximate surface area is 91.6 Å². The summed E-state index contributed by atoms with van der Waals surface area (Å²) in [7, 11) is 0. The van der Waals surface area contributed by atoms with E-state index in [1.165, 1.54) is 0 Å².